The zero-order valence-corrected chi connectivity index (χ0v) is 7.05. The molecule has 1 heterocycles. The predicted molar refractivity (Wildman–Crippen MR) is 45.7 cm³/mol. The minimum Gasteiger partial charge on any atom is -0.295 e. The van der Waals surface area contributed by atoms with Gasteiger partial charge in [0.15, 0.2) is 5.78 Å². The van der Waals surface area contributed by atoms with Gasteiger partial charge >= 0.3 is 0 Å². The number of hydrogen-bond acceptors (Lipinski definition) is 2. The van der Waals surface area contributed by atoms with Gasteiger partial charge in [0.25, 0.3) is 0 Å². The number of ketones is 1. The molecule has 0 bridgehead atoms. The zero-order chi connectivity index (χ0) is 8.27. The summed E-state index contributed by atoms with van der Waals surface area (Å²) in [6.07, 6.45) is 4.20. The lowest BCUT2D eigenvalue weighted by Gasteiger charge is -2.03. The molecule has 0 atom stereocenters. The lowest BCUT2D eigenvalue weighted by Crippen LogP contribution is -2.01. The Bertz CT molecular complexity index is 226. The van der Waals surface area contributed by atoms with Gasteiger partial charge in [-0.25, -0.2) is 0 Å². The Morgan fingerprint density at radius 1 is 1.36 bits per heavy atom. The molecular weight excluding hydrogens is 138 g/mol. The topological polar surface area (TPSA) is 29.4 Å². The van der Waals surface area contributed by atoms with Gasteiger partial charge in [-0.1, -0.05) is 0 Å². The first kappa shape index (κ1) is 8.18. The highest BCUT2D eigenvalue weighted by Crippen LogP contribution is 2.08. The maximum atomic E-state index is 11.0. The largest absolute Gasteiger partial charge is 0.295 e. The maximum Gasteiger partial charge on any atom is 0.157 e. The summed E-state index contributed by atoms with van der Waals surface area (Å²) >= 11 is 0. The molecule has 0 fully saturated rings. The van der Waals surface area contributed by atoms with Crippen molar-refractivity contribution in [1.29, 1.82) is 0 Å². The molecule has 0 aliphatic carbocycles. The quantitative estimate of drug-likeness (QED) is 0.521. The van der Waals surface area contributed by atoms with Crippen molar-refractivity contribution in [3.05, 3.63) is 11.8 Å². The monoisotopic (exact) mass is 151 g/mol. The van der Waals surface area contributed by atoms with Gasteiger partial charge in [0, 0.05) is 23.9 Å². The lowest BCUT2D eigenvalue weighted by molar-refractivity contribution is -0.114. The molecular formula is C9H13NO. The first-order valence-electron chi connectivity index (χ1n) is 3.94. The molecule has 2 nitrogen and oxygen atoms in total. The highest BCUT2D eigenvalue weighted by atomic mass is 16.1. The minimum absolute atomic E-state index is 0.207. The van der Waals surface area contributed by atoms with E-state index in [9.17, 15) is 4.79 Å². The van der Waals surface area contributed by atoms with E-state index in [0.29, 0.717) is 6.42 Å². The normalized spacial score (nSPS) is 24.7. The Balaban J connectivity index is 2.80. The second kappa shape index (κ2) is 3.46. The Labute approximate surface area is 67.0 Å². The second-order valence-electron chi connectivity index (χ2n) is 2.95. The highest BCUT2D eigenvalue weighted by molar-refractivity contribution is 5.92. The van der Waals surface area contributed by atoms with E-state index in [1.807, 2.05) is 13.8 Å². The van der Waals surface area contributed by atoms with E-state index >= 15 is 0 Å². The van der Waals surface area contributed by atoms with Gasteiger partial charge in [-0.3, -0.25) is 9.79 Å². The van der Waals surface area contributed by atoms with Crippen LogP contribution in [0.1, 0.15) is 33.1 Å². The molecule has 11 heavy (non-hydrogen) atoms. The Morgan fingerprint density at radius 2 is 2.09 bits per heavy atom. The van der Waals surface area contributed by atoms with E-state index in [0.717, 1.165) is 24.3 Å². The van der Waals surface area contributed by atoms with Gasteiger partial charge in [0.2, 0.25) is 0 Å². The predicted octanol–water partition coefficient (Wildman–Crippen LogP) is 2.10. The van der Waals surface area contributed by atoms with Crippen molar-refractivity contribution in [2.45, 2.75) is 33.1 Å². The minimum atomic E-state index is 0.207. The number of carbonyl (C=O) groups excluding carboxylic acids is 1. The van der Waals surface area contributed by atoms with Gasteiger partial charge in [0.1, 0.15) is 0 Å². The van der Waals surface area contributed by atoms with Crippen LogP contribution in [0.4, 0.5) is 0 Å². The van der Waals surface area contributed by atoms with Crippen LogP contribution >= 0.6 is 0 Å². The molecule has 0 saturated heterocycles. The molecule has 0 spiro atoms. The third-order valence-electron chi connectivity index (χ3n) is 1.70. The van der Waals surface area contributed by atoms with E-state index in [4.69, 9.17) is 0 Å². The molecule has 0 aromatic rings. The average Bonchev–Trinajstić information content (AvgIpc) is 1.83. The van der Waals surface area contributed by atoms with Crippen LogP contribution in [0.15, 0.2) is 16.8 Å². The van der Waals surface area contributed by atoms with E-state index in [-0.39, 0.29) is 5.78 Å². The van der Waals surface area contributed by atoms with E-state index in [1.54, 1.807) is 6.08 Å². The first-order valence-corrected chi connectivity index (χ1v) is 3.94. The molecule has 0 aromatic carbocycles. The number of carbonyl (C=O) groups is 1. The maximum absolute atomic E-state index is 11.0. The Morgan fingerprint density at radius 3 is 2.82 bits per heavy atom. The van der Waals surface area contributed by atoms with E-state index in [2.05, 4.69) is 4.99 Å². The molecule has 0 N–H and O–H groups in total. The number of allylic oxidation sites excluding steroid dienone is 2. The van der Waals surface area contributed by atoms with Crippen molar-refractivity contribution < 1.29 is 4.79 Å². The molecule has 2 heteroatoms. The molecule has 0 radical (unpaired) electrons. The molecule has 0 amide bonds. The number of hydrogen-bond donors (Lipinski definition) is 0. The van der Waals surface area contributed by atoms with E-state index in [1.165, 1.54) is 0 Å². The Hall–Kier alpha value is -0.920. The number of aliphatic imine (C=N–C) groups is 1. The summed E-state index contributed by atoms with van der Waals surface area (Å²) < 4.78 is 0. The third-order valence-corrected chi connectivity index (χ3v) is 1.70. The van der Waals surface area contributed by atoms with Crippen LogP contribution in [0, 0.1) is 0 Å². The average molecular weight is 151 g/mol. The molecule has 0 saturated carbocycles. The SMILES string of the molecule is CC1=N/C(C)=C\C(=O)CCC1. The summed E-state index contributed by atoms with van der Waals surface area (Å²) in [4.78, 5) is 15.3. The second-order valence-corrected chi connectivity index (χ2v) is 2.95. The van der Waals surface area contributed by atoms with Crippen molar-refractivity contribution in [2.75, 3.05) is 0 Å². The highest BCUT2D eigenvalue weighted by Gasteiger charge is 2.03. The van der Waals surface area contributed by atoms with Gasteiger partial charge in [0.05, 0.1) is 0 Å². The molecule has 1 rings (SSSR count). The van der Waals surface area contributed by atoms with Gasteiger partial charge in [-0.05, 0) is 26.7 Å². The third kappa shape index (κ3) is 2.66. The Kier molecular flexibility index (Phi) is 2.58. The summed E-state index contributed by atoms with van der Waals surface area (Å²) in [6, 6.07) is 0. The van der Waals surface area contributed by atoms with Crippen molar-refractivity contribution in [2.24, 2.45) is 4.99 Å². The fraction of sp³-hybridized carbons (Fsp3) is 0.556. The van der Waals surface area contributed by atoms with E-state index < -0.39 is 0 Å². The zero-order valence-electron chi connectivity index (χ0n) is 7.05. The first-order chi connectivity index (χ1) is 5.18. The van der Waals surface area contributed by atoms with Crippen molar-refractivity contribution in [3.63, 3.8) is 0 Å². The van der Waals surface area contributed by atoms with Crippen molar-refractivity contribution in [1.82, 2.24) is 0 Å². The van der Waals surface area contributed by atoms with Crippen LogP contribution in [-0.4, -0.2) is 11.5 Å². The molecule has 0 aromatic heterocycles. The standard InChI is InChI=1S/C9H13NO/c1-7-4-3-5-9(11)6-8(2)10-7/h6H,3-5H2,1-2H3/b8-6-,10-7?. The summed E-state index contributed by atoms with van der Waals surface area (Å²) in [5, 5.41) is 0. The summed E-state index contributed by atoms with van der Waals surface area (Å²) in [5.74, 6) is 0.207. The molecule has 60 valence electrons. The van der Waals surface area contributed by atoms with Gasteiger partial charge in [-0.15, -0.1) is 0 Å². The van der Waals surface area contributed by atoms with Gasteiger partial charge < -0.3 is 0 Å². The van der Waals surface area contributed by atoms with Crippen LogP contribution in [0.2, 0.25) is 0 Å². The molecule has 1 aliphatic rings. The molecule has 0 unspecified atom stereocenters. The van der Waals surface area contributed by atoms with Crippen LogP contribution in [0.3, 0.4) is 0 Å². The van der Waals surface area contributed by atoms with Gasteiger partial charge in [-0.2, -0.15) is 0 Å². The summed E-state index contributed by atoms with van der Waals surface area (Å²) in [5.41, 5.74) is 1.97. The van der Waals surface area contributed by atoms with Crippen LogP contribution in [0.25, 0.3) is 0 Å². The lowest BCUT2D eigenvalue weighted by atomic mass is 10.1. The molecule has 1 aliphatic heterocycles. The van der Waals surface area contributed by atoms with Crippen LogP contribution < -0.4 is 0 Å². The van der Waals surface area contributed by atoms with Crippen LogP contribution in [-0.2, 0) is 4.79 Å². The van der Waals surface area contributed by atoms with Crippen molar-refractivity contribution in [3.8, 4) is 0 Å². The summed E-state index contributed by atoms with van der Waals surface area (Å²) in [7, 11) is 0. The van der Waals surface area contributed by atoms with Crippen molar-refractivity contribution >= 4 is 11.5 Å². The smallest absolute Gasteiger partial charge is 0.157 e. The fourth-order valence-corrected chi connectivity index (χ4v) is 1.21. The van der Waals surface area contributed by atoms with Crippen LogP contribution in [0.5, 0.6) is 0 Å². The summed E-state index contributed by atoms with van der Waals surface area (Å²) in [6.45, 7) is 3.87. The number of rotatable bonds is 0. The number of nitrogens with zero attached hydrogens (tertiary/aromatic N) is 1. The fourth-order valence-electron chi connectivity index (χ4n) is 1.21.